The number of rotatable bonds is 2. The summed E-state index contributed by atoms with van der Waals surface area (Å²) in [4.78, 5) is 14.5. The van der Waals surface area contributed by atoms with Gasteiger partial charge in [-0.15, -0.1) is 0 Å². The molecule has 0 aliphatic rings. The summed E-state index contributed by atoms with van der Waals surface area (Å²) in [5, 5.41) is 0. The van der Waals surface area contributed by atoms with E-state index in [0.717, 1.165) is 16.8 Å². The summed E-state index contributed by atoms with van der Waals surface area (Å²) in [7, 11) is 0. The van der Waals surface area contributed by atoms with Crippen molar-refractivity contribution in [1.29, 1.82) is 0 Å². The Morgan fingerprint density at radius 2 is 1.88 bits per heavy atom. The molecule has 0 bridgehead atoms. The van der Waals surface area contributed by atoms with E-state index in [2.05, 4.69) is 4.98 Å². The lowest BCUT2D eigenvalue weighted by molar-refractivity contribution is 0.101. The fourth-order valence-corrected chi connectivity index (χ4v) is 1.97. The number of nitrogens with one attached hydrogen (secondary N) is 1. The highest BCUT2D eigenvalue weighted by atomic mass is 16.1. The molecular weight excluding hydrogens is 200 g/mol. The number of nitrogens with two attached hydrogens (primary N) is 1. The van der Waals surface area contributed by atoms with Gasteiger partial charge in [0.2, 0.25) is 0 Å². The molecule has 16 heavy (non-hydrogen) atoms. The van der Waals surface area contributed by atoms with Gasteiger partial charge < -0.3 is 10.7 Å². The zero-order valence-electron chi connectivity index (χ0n) is 9.37. The van der Waals surface area contributed by atoms with E-state index in [0.29, 0.717) is 11.4 Å². The van der Waals surface area contributed by atoms with Gasteiger partial charge in [0.05, 0.1) is 11.3 Å². The first-order chi connectivity index (χ1) is 7.61. The van der Waals surface area contributed by atoms with Crippen molar-refractivity contribution in [3.8, 4) is 11.3 Å². The van der Waals surface area contributed by atoms with Crippen molar-refractivity contribution >= 4 is 11.6 Å². The predicted octanol–water partition coefficient (Wildman–Crippen LogP) is 2.77. The second-order valence-electron chi connectivity index (χ2n) is 3.84. The number of carbonyl (C=O) groups excluding carboxylic acids is 1. The Hall–Kier alpha value is -2.03. The van der Waals surface area contributed by atoms with Gasteiger partial charge >= 0.3 is 0 Å². The highest BCUT2D eigenvalue weighted by Crippen LogP contribution is 2.28. The van der Waals surface area contributed by atoms with Gasteiger partial charge in [0, 0.05) is 0 Å². The molecule has 0 amide bonds. The van der Waals surface area contributed by atoms with Gasteiger partial charge in [-0.05, 0) is 25.0 Å². The Labute approximate surface area is 94.3 Å². The molecule has 0 aliphatic carbocycles. The Morgan fingerprint density at radius 3 is 2.38 bits per heavy atom. The molecule has 0 atom stereocenters. The van der Waals surface area contributed by atoms with Crippen LogP contribution in [0.2, 0.25) is 0 Å². The Balaban J connectivity index is 2.61. The fraction of sp³-hybridized carbons (Fsp3) is 0.154. The Kier molecular flexibility index (Phi) is 2.52. The number of carbonyl (C=O) groups is 1. The molecule has 0 saturated carbocycles. The SMILES string of the molecule is CC(=O)c1c(N)[nH]c(-c2ccccc2)c1C. The molecule has 2 aromatic rings. The van der Waals surface area contributed by atoms with Crippen LogP contribution in [0, 0.1) is 6.92 Å². The van der Waals surface area contributed by atoms with Crippen LogP contribution < -0.4 is 5.73 Å². The summed E-state index contributed by atoms with van der Waals surface area (Å²) in [5.41, 5.74) is 9.27. The third-order valence-electron chi connectivity index (χ3n) is 2.69. The summed E-state index contributed by atoms with van der Waals surface area (Å²) in [5.74, 6) is 0.442. The molecular formula is C13H14N2O. The first-order valence-electron chi connectivity index (χ1n) is 5.15. The average molecular weight is 214 g/mol. The molecule has 1 aromatic heterocycles. The molecule has 3 N–H and O–H groups in total. The van der Waals surface area contributed by atoms with Gasteiger partial charge in [0.15, 0.2) is 5.78 Å². The van der Waals surface area contributed by atoms with Crippen molar-refractivity contribution in [1.82, 2.24) is 4.98 Å². The zero-order valence-corrected chi connectivity index (χ0v) is 9.37. The number of hydrogen-bond acceptors (Lipinski definition) is 2. The normalized spacial score (nSPS) is 10.4. The molecule has 0 radical (unpaired) electrons. The van der Waals surface area contributed by atoms with Crippen molar-refractivity contribution in [2.45, 2.75) is 13.8 Å². The van der Waals surface area contributed by atoms with Crippen LogP contribution >= 0.6 is 0 Å². The number of Topliss-reactive ketones (excluding diaryl/α,β-unsaturated/α-hetero) is 1. The smallest absolute Gasteiger partial charge is 0.163 e. The van der Waals surface area contributed by atoms with Crippen molar-refractivity contribution in [2.75, 3.05) is 5.73 Å². The number of benzene rings is 1. The fourth-order valence-electron chi connectivity index (χ4n) is 1.97. The van der Waals surface area contributed by atoms with Crippen molar-refractivity contribution < 1.29 is 4.79 Å². The lowest BCUT2D eigenvalue weighted by Gasteiger charge is -1.99. The highest BCUT2D eigenvalue weighted by Gasteiger charge is 2.16. The van der Waals surface area contributed by atoms with Gasteiger partial charge in [0.25, 0.3) is 0 Å². The largest absolute Gasteiger partial charge is 0.385 e. The number of anilines is 1. The molecule has 1 aromatic carbocycles. The molecule has 0 spiro atoms. The van der Waals surface area contributed by atoms with Gasteiger partial charge in [-0.3, -0.25) is 4.79 Å². The first-order valence-corrected chi connectivity index (χ1v) is 5.15. The second-order valence-corrected chi connectivity index (χ2v) is 3.84. The predicted molar refractivity (Wildman–Crippen MR) is 65.4 cm³/mol. The summed E-state index contributed by atoms with van der Waals surface area (Å²) >= 11 is 0. The molecule has 0 saturated heterocycles. The van der Waals surface area contributed by atoms with E-state index in [1.807, 2.05) is 37.3 Å². The molecule has 1 heterocycles. The molecule has 0 unspecified atom stereocenters. The average Bonchev–Trinajstić information content (AvgIpc) is 2.55. The quantitative estimate of drug-likeness (QED) is 0.755. The third-order valence-corrected chi connectivity index (χ3v) is 2.69. The number of nitrogen functional groups attached to an aromatic ring is 1. The van der Waals surface area contributed by atoms with Crippen LogP contribution in [0.4, 0.5) is 5.82 Å². The summed E-state index contributed by atoms with van der Waals surface area (Å²) in [6, 6.07) is 9.85. The lowest BCUT2D eigenvalue weighted by Crippen LogP contribution is -1.97. The van der Waals surface area contributed by atoms with E-state index >= 15 is 0 Å². The maximum absolute atomic E-state index is 11.4. The van der Waals surface area contributed by atoms with Gasteiger partial charge in [0.1, 0.15) is 5.82 Å². The van der Waals surface area contributed by atoms with E-state index in [4.69, 9.17) is 5.73 Å². The van der Waals surface area contributed by atoms with E-state index in [9.17, 15) is 4.79 Å². The maximum Gasteiger partial charge on any atom is 0.163 e. The third kappa shape index (κ3) is 1.60. The van der Waals surface area contributed by atoms with Crippen LogP contribution in [-0.2, 0) is 0 Å². The van der Waals surface area contributed by atoms with Crippen molar-refractivity contribution in [3.63, 3.8) is 0 Å². The van der Waals surface area contributed by atoms with E-state index in [-0.39, 0.29) is 5.78 Å². The van der Waals surface area contributed by atoms with Crippen LogP contribution in [-0.4, -0.2) is 10.8 Å². The Morgan fingerprint density at radius 1 is 1.25 bits per heavy atom. The standard InChI is InChI=1S/C13H14N2O/c1-8-11(9(2)16)13(14)15-12(8)10-6-4-3-5-7-10/h3-7,15H,14H2,1-2H3. The number of aromatic amines is 1. The van der Waals surface area contributed by atoms with Crippen molar-refractivity contribution in [2.24, 2.45) is 0 Å². The summed E-state index contributed by atoms with van der Waals surface area (Å²) in [6.07, 6.45) is 0. The minimum absolute atomic E-state index is 0.00608. The number of aromatic nitrogens is 1. The lowest BCUT2D eigenvalue weighted by atomic mass is 10.0. The van der Waals surface area contributed by atoms with Crippen molar-refractivity contribution in [3.05, 3.63) is 41.5 Å². The Bertz CT molecular complexity index is 526. The molecule has 0 aliphatic heterocycles. The van der Waals surface area contributed by atoms with Crippen LogP contribution in [0.25, 0.3) is 11.3 Å². The highest BCUT2D eigenvalue weighted by molar-refractivity contribution is 6.02. The van der Waals surface area contributed by atoms with Gasteiger partial charge in [-0.25, -0.2) is 0 Å². The molecule has 3 nitrogen and oxygen atoms in total. The second kappa shape index (κ2) is 3.85. The first kappa shape index (κ1) is 10.5. The summed E-state index contributed by atoms with van der Waals surface area (Å²) < 4.78 is 0. The number of ketones is 1. The van der Waals surface area contributed by atoms with Gasteiger partial charge in [-0.1, -0.05) is 30.3 Å². The van der Waals surface area contributed by atoms with Crippen LogP contribution in [0.5, 0.6) is 0 Å². The van der Waals surface area contributed by atoms with Crippen LogP contribution in [0.3, 0.4) is 0 Å². The molecule has 2 rings (SSSR count). The summed E-state index contributed by atoms with van der Waals surface area (Å²) in [6.45, 7) is 3.44. The van der Waals surface area contributed by atoms with Gasteiger partial charge in [-0.2, -0.15) is 0 Å². The van der Waals surface area contributed by atoms with E-state index in [1.165, 1.54) is 6.92 Å². The number of hydrogen-bond donors (Lipinski definition) is 2. The number of H-pyrrole nitrogens is 1. The topological polar surface area (TPSA) is 58.9 Å². The van der Waals surface area contributed by atoms with E-state index in [1.54, 1.807) is 0 Å². The van der Waals surface area contributed by atoms with Crippen LogP contribution in [0.15, 0.2) is 30.3 Å². The zero-order chi connectivity index (χ0) is 11.7. The molecule has 3 heteroatoms. The maximum atomic E-state index is 11.4. The monoisotopic (exact) mass is 214 g/mol. The minimum atomic E-state index is -0.00608. The molecule has 82 valence electrons. The minimum Gasteiger partial charge on any atom is -0.385 e. The van der Waals surface area contributed by atoms with Crippen LogP contribution in [0.1, 0.15) is 22.8 Å². The van der Waals surface area contributed by atoms with E-state index < -0.39 is 0 Å². The molecule has 0 fully saturated rings.